The van der Waals surface area contributed by atoms with Gasteiger partial charge in [-0.05, 0) is 37.6 Å². The summed E-state index contributed by atoms with van der Waals surface area (Å²) in [7, 11) is 4.01. The Hall–Kier alpha value is -1.15. The average molecular weight is 217 g/mol. The Bertz CT molecular complexity index is 384. The van der Waals surface area contributed by atoms with Crippen LogP contribution in [-0.2, 0) is 11.2 Å². The van der Waals surface area contributed by atoms with Gasteiger partial charge >= 0.3 is 0 Å². The monoisotopic (exact) mass is 217 g/mol. The zero-order valence-electron chi connectivity index (χ0n) is 10.1. The third kappa shape index (κ3) is 2.50. The number of benzene rings is 1. The molecule has 86 valence electrons. The van der Waals surface area contributed by atoms with Gasteiger partial charge in [0.25, 0.3) is 0 Å². The van der Waals surface area contributed by atoms with Gasteiger partial charge in [-0.25, -0.2) is 0 Å². The van der Waals surface area contributed by atoms with E-state index < -0.39 is 0 Å². The molecule has 2 rings (SSSR count). The maximum atomic E-state index is 11.7. The van der Waals surface area contributed by atoms with Crippen molar-refractivity contribution >= 4 is 5.78 Å². The van der Waals surface area contributed by atoms with Gasteiger partial charge in [-0.2, -0.15) is 0 Å². The number of rotatable bonds is 5. The molecule has 0 bridgehead atoms. The molecular weight excluding hydrogens is 198 g/mol. The molecule has 1 aromatic rings. The molecule has 1 atom stereocenters. The predicted octanol–water partition coefficient (Wildman–Crippen LogP) is 2.24. The van der Waals surface area contributed by atoms with Crippen LogP contribution in [0, 0.1) is 0 Å². The van der Waals surface area contributed by atoms with Crippen molar-refractivity contribution in [3.8, 4) is 0 Å². The van der Waals surface area contributed by atoms with Crippen molar-refractivity contribution in [2.24, 2.45) is 0 Å². The van der Waals surface area contributed by atoms with E-state index in [1.165, 1.54) is 11.1 Å². The first kappa shape index (κ1) is 11.3. The van der Waals surface area contributed by atoms with Gasteiger partial charge in [0.1, 0.15) is 5.78 Å². The molecular formula is C14H19NO. The van der Waals surface area contributed by atoms with Gasteiger partial charge in [-0.15, -0.1) is 0 Å². The number of carbonyl (C=O) groups excluding carboxylic acids is 1. The molecule has 1 aromatic carbocycles. The fourth-order valence-corrected chi connectivity index (χ4v) is 2.27. The van der Waals surface area contributed by atoms with Crippen molar-refractivity contribution in [3.05, 3.63) is 35.4 Å². The molecule has 0 spiro atoms. The van der Waals surface area contributed by atoms with Gasteiger partial charge in [0.15, 0.2) is 0 Å². The number of carbonyl (C=O) groups is 1. The maximum Gasteiger partial charge on any atom is 0.134 e. The summed E-state index contributed by atoms with van der Waals surface area (Å²) in [5, 5.41) is 0. The first-order chi connectivity index (χ1) is 7.66. The standard InChI is InChI=1S/C14H19NO/c1-15(2)8-7-13(16)10-12-9-11-5-3-4-6-14(11)12/h3-6,12H,7-10H2,1-2H3. The highest BCUT2D eigenvalue weighted by molar-refractivity contribution is 5.80. The second-order valence-electron chi connectivity index (χ2n) is 4.90. The van der Waals surface area contributed by atoms with Crippen molar-refractivity contribution in [3.63, 3.8) is 0 Å². The lowest BCUT2D eigenvalue weighted by atomic mass is 9.75. The number of Topliss-reactive ketones (excluding diaryl/α,β-unsaturated/α-hetero) is 1. The van der Waals surface area contributed by atoms with Crippen molar-refractivity contribution in [1.82, 2.24) is 4.90 Å². The minimum absolute atomic E-state index is 0.396. The van der Waals surface area contributed by atoms with E-state index in [2.05, 4.69) is 29.2 Å². The van der Waals surface area contributed by atoms with Gasteiger partial charge in [0, 0.05) is 19.4 Å². The van der Waals surface area contributed by atoms with E-state index in [1.807, 2.05) is 14.1 Å². The molecule has 0 aliphatic heterocycles. The lowest BCUT2D eigenvalue weighted by Crippen LogP contribution is -2.22. The average Bonchev–Trinajstić information content (AvgIpc) is 2.23. The summed E-state index contributed by atoms with van der Waals surface area (Å²) in [4.78, 5) is 13.8. The summed E-state index contributed by atoms with van der Waals surface area (Å²) in [5.74, 6) is 0.888. The van der Waals surface area contributed by atoms with Crippen LogP contribution in [0.4, 0.5) is 0 Å². The zero-order chi connectivity index (χ0) is 11.5. The molecule has 0 radical (unpaired) electrons. The topological polar surface area (TPSA) is 20.3 Å². The fraction of sp³-hybridized carbons (Fsp3) is 0.500. The first-order valence-electron chi connectivity index (χ1n) is 5.91. The van der Waals surface area contributed by atoms with Crippen molar-refractivity contribution in [1.29, 1.82) is 0 Å². The zero-order valence-corrected chi connectivity index (χ0v) is 10.1. The number of hydrogen-bond acceptors (Lipinski definition) is 2. The minimum Gasteiger partial charge on any atom is -0.309 e. The highest BCUT2D eigenvalue weighted by atomic mass is 16.1. The third-order valence-corrected chi connectivity index (χ3v) is 3.27. The lowest BCUT2D eigenvalue weighted by molar-refractivity contribution is -0.119. The summed E-state index contributed by atoms with van der Waals surface area (Å²) in [5.41, 5.74) is 2.81. The molecule has 16 heavy (non-hydrogen) atoms. The second-order valence-corrected chi connectivity index (χ2v) is 4.90. The Morgan fingerprint density at radius 2 is 2.12 bits per heavy atom. The van der Waals surface area contributed by atoms with E-state index in [4.69, 9.17) is 0 Å². The van der Waals surface area contributed by atoms with Gasteiger partial charge in [-0.1, -0.05) is 24.3 Å². The number of nitrogens with zero attached hydrogens (tertiary/aromatic N) is 1. The van der Waals surface area contributed by atoms with Crippen molar-refractivity contribution in [2.75, 3.05) is 20.6 Å². The molecule has 0 N–H and O–H groups in total. The smallest absolute Gasteiger partial charge is 0.134 e. The predicted molar refractivity (Wildman–Crippen MR) is 65.7 cm³/mol. The molecule has 0 aromatic heterocycles. The molecule has 1 aliphatic carbocycles. The molecule has 0 saturated carbocycles. The number of ketones is 1. The Morgan fingerprint density at radius 1 is 1.38 bits per heavy atom. The fourth-order valence-electron chi connectivity index (χ4n) is 2.27. The third-order valence-electron chi connectivity index (χ3n) is 3.27. The highest BCUT2D eigenvalue weighted by Crippen LogP contribution is 2.37. The van der Waals surface area contributed by atoms with Crippen LogP contribution < -0.4 is 0 Å². The Kier molecular flexibility index (Phi) is 3.39. The van der Waals surface area contributed by atoms with Gasteiger partial charge in [-0.3, -0.25) is 4.79 Å². The van der Waals surface area contributed by atoms with Gasteiger partial charge in [0.05, 0.1) is 0 Å². The van der Waals surface area contributed by atoms with E-state index in [0.29, 0.717) is 18.1 Å². The summed E-state index contributed by atoms with van der Waals surface area (Å²) in [6.45, 7) is 0.868. The molecule has 0 saturated heterocycles. The maximum absolute atomic E-state index is 11.7. The van der Waals surface area contributed by atoms with E-state index in [1.54, 1.807) is 0 Å². The van der Waals surface area contributed by atoms with Gasteiger partial charge < -0.3 is 4.90 Å². The Balaban J connectivity index is 1.83. The number of fused-ring (bicyclic) bond motifs is 1. The van der Waals surface area contributed by atoms with E-state index in [9.17, 15) is 4.79 Å². The van der Waals surface area contributed by atoms with Crippen LogP contribution in [0.25, 0.3) is 0 Å². The molecule has 2 heteroatoms. The Morgan fingerprint density at radius 3 is 2.81 bits per heavy atom. The molecule has 0 fully saturated rings. The SMILES string of the molecule is CN(C)CCC(=O)CC1Cc2ccccc21. The quantitative estimate of drug-likeness (QED) is 0.754. The minimum atomic E-state index is 0.396. The Labute approximate surface area is 97.3 Å². The van der Waals surface area contributed by atoms with Crippen molar-refractivity contribution < 1.29 is 4.79 Å². The normalized spacial score (nSPS) is 18.1. The number of hydrogen-bond donors (Lipinski definition) is 0. The summed E-state index contributed by atoms with van der Waals surface area (Å²) in [6.07, 6.45) is 2.50. The van der Waals surface area contributed by atoms with Crippen LogP contribution in [0.1, 0.15) is 29.9 Å². The first-order valence-corrected chi connectivity index (χ1v) is 5.91. The molecule has 1 unspecified atom stereocenters. The largest absolute Gasteiger partial charge is 0.309 e. The van der Waals surface area contributed by atoms with Crippen LogP contribution in [-0.4, -0.2) is 31.3 Å². The molecule has 1 aliphatic rings. The van der Waals surface area contributed by atoms with E-state index in [-0.39, 0.29) is 0 Å². The summed E-state index contributed by atoms with van der Waals surface area (Å²) < 4.78 is 0. The van der Waals surface area contributed by atoms with Crippen LogP contribution in [0.3, 0.4) is 0 Å². The van der Waals surface area contributed by atoms with E-state index >= 15 is 0 Å². The van der Waals surface area contributed by atoms with Crippen molar-refractivity contribution in [2.45, 2.75) is 25.2 Å². The van der Waals surface area contributed by atoms with Crippen LogP contribution >= 0.6 is 0 Å². The summed E-state index contributed by atoms with van der Waals surface area (Å²) >= 11 is 0. The molecule has 0 amide bonds. The van der Waals surface area contributed by atoms with Crippen LogP contribution in [0.5, 0.6) is 0 Å². The molecule has 2 nitrogen and oxygen atoms in total. The van der Waals surface area contributed by atoms with Crippen LogP contribution in [0.15, 0.2) is 24.3 Å². The second kappa shape index (κ2) is 4.79. The van der Waals surface area contributed by atoms with Gasteiger partial charge in [0.2, 0.25) is 0 Å². The summed E-state index contributed by atoms with van der Waals surface area (Å²) in [6, 6.07) is 8.46. The van der Waals surface area contributed by atoms with E-state index in [0.717, 1.165) is 19.4 Å². The van der Waals surface area contributed by atoms with Crippen LogP contribution in [0.2, 0.25) is 0 Å². The highest BCUT2D eigenvalue weighted by Gasteiger charge is 2.26. The lowest BCUT2D eigenvalue weighted by Gasteiger charge is -2.29. The molecule has 0 heterocycles.